The summed E-state index contributed by atoms with van der Waals surface area (Å²) in [6.07, 6.45) is 5.96. The van der Waals surface area contributed by atoms with Crippen LogP contribution >= 0.6 is 0 Å². The predicted molar refractivity (Wildman–Crippen MR) is 87.0 cm³/mol. The van der Waals surface area contributed by atoms with Crippen LogP contribution in [0.2, 0.25) is 0 Å². The molecule has 0 radical (unpaired) electrons. The summed E-state index contributed by atoms with van der Waals surface area (Å²) in [7, 11) is 0. The summed E-state index contributed by atoms with van der Waals surface area (Å²) in [6, 6.07) is 0. The van der Waals surface area contributed by atoms with Crippen LogP contribution in [-0.2, 0) is 14.3 Å². The minimum absolute atomic E-state index is 0.0555. The molecule has 3 rings (SSSR count). The number of nitrogens with zero attached hydrogens (tertiary/aromatic N) is 2. The first-order chi connectivity index (χ1) is 11.2. The maximum absolute atomic E-state index is 12.8. The molecule has 1 aliphatic carbocycles. The molecule has 23 heavy (non-hydrogen) atoms. The lowest BCUT2D eigenvalue weighted by Gasteiger charge is -2.28. The van der Waals surface area contributed by atoms with Crippen LogP contribution in [0, 0.1) is 5.41 Å². The Morgan fingerprint density at radius 1 is 0.957 bits per heavy atom. The maximum Gasteiger partial charge on any atom is 0.238 e. The Hall–Kier alpha value is -1.14. The summed E-state index contributed by atoms with van der Waals surface area (Å²) in [4.78, 5) is 29.5. The first kappa shape index (κ1) is 16.7. The van der Waals surface area contributed by atoms with Crippen LogP contribution in [-0.4, -0.2) is 74.1 Å². The monoisotopic (exact) mass is 323 g/mol. The minimum atomic E-state index is -0.741. The lowest BCUT2D eigenvalue weighted by Crippen LogP contribution is -2.47. The van der Waals surface area contributed by atoms with Crippen LogP contribution in [0.25, 0.3) is 0 Å². The van der Waals surface area contributed by atoms with Gasteiger partial charge in [-0.2, -0.15) is 0 Å². The Morgan fingerprint density at radius 2 is 1.61 bits per heavy atom. The van der Waals surface area contributed by atoms with Gasteiger partial charge < -0.3 is 15.0 Å². The highest BCUT2D eigenvalue weighted by molar-refractivity contribution is 6.07. The van der Waals surface area contributed by atoms with Gasteiger partial charge in [0.05, 0.1) is 13.2 Å². The summed E-state index contributed by atoms with van der Waals surface area (Å²) < 4.78 is 5.32. The van der Waals surface area contributed by atoms with Gasteiger partial charge in [-0.25, -0.2) is 0 Å². The Balaban J connectivity index is 1.46. The lowest BCUT2D eigenvalue weighted by molar-refractivity contribution is -0.144. The molecule has 6 nitrogen and oxygen atoms in total. The van der Waals surface area contributed by atoms with Crippen LogP contribution in [0.15, 0.2) is 0 Å². The summed E-state index contributed by atoms with van der Waals surface area (Å²) in [5, 5.41) is 3.00. The maximum atomic E-state index is 12.8. The third kappa shape index (κ3) is 4.04. The number of ether oxygens (including phenoxy) is 1. The van der Waals surface area contributed by atoms with Crippen molar-refractivity contribution in [3.8, 4) is 0 Å². The van der Waals surface area contributed by atoms with Crippen molar-refractivity contribution in [2.75, 3.05) is 52.5 Å². The van der Waals surface area contributed by atoms with Gasteiger partial charge in [0.15, 0.2) is 0 Å². The van der Waals surface area contributed by atoms with E-state index in [4.69, 9.17) is 4.74 Å². The Morgan fingerprint density at radius 3 is 2.22 bits per heavy atom. The third-order valence-electron chi connectivity index (χ3n) is 5.30. The second-order valence-corrected chi connectivity index (χ2v) is 7.00. The number of hydrogen-bond acceptors (Lipinski definition) is 4. The molecular formula is C17H29N3O3. The topological polar surface area (TPSA) is 61.9 Å². The third-order valence-corrected chi connectivity index (χ3v) is 5.30. The Labute approximate surface area is 138 Å². The van der Waals surface area contributed by atoms with Crippen molar-refractivity contribution in [2.24, 2.45) is 5.41 Å². The smallest absolute Gasteiger partial charge is 0.238 e. The number of amides is 2. The van der Waals surface area contributed by atoms with Gasteiger partial charge >= 0.3 is 0 Å². The fourth-order valence-corrected chi connectivity index (χ4v) is 3.56. The van der Waals surface area contributed by atoms with Crippen LogP contribution in [0.3, 0.4) is 0 Å². The highest BCUT2D eigenvalue weighted by Crippen LogP contribution is 2.47. The molecule has 2 heterocycles. The molecule has 0 bridgehead atoms. The van der Waals surface area contributed by atoms with E-state index in [0.29, 0.717) is 19.4 Å². The van der Waals surface area contributed by atoms with E-state index in [-0.39, 0.29) is 11.8 Å². The van der Waals surface area contributed by atoms with Gasteiger partial charge in [0.1, 0.15) is 5.41 Å². The van der Waals surface area contributed by atoms with Gasteiger partial charge in [-0.1, -0.05) is 12.8 Å². The van der Waals surface area contributed by atoms with E-state index in [1.54, 1.807) is 0 Å². The zero-order valence-corrected chi connectivity index (χ0v) is 14.0. The van der Waals surface area contributed by atoms with Crippen molar-refractivity contribution >= 4 is 11.8 Å². The van der Waals surface area contributed by atoms with E-state index in [0.717, 1.165) is 58.8 Å². The van der Waals surface area contributed by atoms with Crippen LogP contribution in [0.1, 0.15) is 38.5 Å². The normalized spacial score (nSPS) is 24.8. The van der Waals surface area contributed by atoms with Crippen LogP contribution in [0.4, 0.5) is 0 Å². The summed E-state index contributed by atoms with van der Waals surface area (Å²) in [5.74, 6) is 0.0169. The number of likely N-dealkylation sites (tertiary alicyclic amines) is 1. The molecule has 6 heteroatoms. The second-order valence-electron chi connectivity index (χ2n) is 7.00. The molecule has 2 saturated heterocycles. The summed E-state index contributed by atoms with van der Waals surface area (Å²) in [5.41, 5.74) is -0.741. The summed E-state index contributed by atoms with van der Waals surface area (Å²) in [6.45, 7) is 6.48. The molecule has 0 unspecified atom stereocenters. The zero-order chi connectivity index (χ0) is 16.1. The molecule has 3 aliphatic rings. The van der Waals surface area contributed by atoms with E-state index in [1.807, 2.05) is 4.90 Å². The molecule has 0 aromatic rings. The highest BCUT2D eigenvalue weighted by atomic mass is 16.5. The summed E-state index contributed by atoms with van der Waals surface area (Å²) >= 11 is 0. The van der Waals surface area contributed by atoms with Crippen LogP contribution < -0.4 is 5.32 Å². The minimum Gasteiger partial charge on any atom is -0.379 e. The standard InChI is InChI=1S/C17H29N3O3/c21-15(18-7-10-19-11-13-23-14-12-19)17(5-6-17)16(22)20-8-3-1-2-4-9-20/h1-14H2,(H,18,21). The molecule has 0 aromatic heterocycles. The van der Waals surface area contributed by atoms with Crippen molar-refractivity contribution < 1.29 is 14.3 Å². The lowest BCUT2D eigenvalue weighted by atomic mass is 10.0. The molecule has 130 valence electrons. The Bertz CT molecular complexity index is 423. The van der Waals surface area contributed by atoms with Gasteiger partial charge in [0, 0.05) is 39.3 Å². The largest absolute Gasteiger partial charge is 0.379 e. The van der Waals surface area contributed by atoms with Crippen molar-refractivity contribution in [1.82, 2.24) is 15.1 Å². The fourth-order valence-electron chi connectivity index (χ4n) is 3.56. The molecule has 0 spiro atoms. The molecule has 2 amide bonds. The second kappa shape index (κ2) is 7.62. The van der Waals surface area contributed by atoms with E-state index >= 15 is 0 Å². The van der Waals surface area contributed by atoms with Crippen LogP contribution in [0.5, 0.6) is 0 Å². The Kier molecular flexibility index (Phi) is 5.54. The molecule has 1 N–H and O–H groups in total. The average Bonchev–Trinajstić information content (AvgIpc) is 3.40. The number of hydrogen-bond donors (Lipinski definition) is 1. The van der Waals surface area contributed by atoms with E-state index in [9.17, 15) is 9.59 Å². The number of morpholine rings is 1. The van der Waals surface area contributed by atoms with Crippen molar-refractivity contribution in [1.29, 1.82) is 0 Å². The van der Waals surface area contributed by atoms with Gasteiger partial charge in [0.25, 0.3) is 0 Å². The van der Waals surface area contributed by atoms with Gasteiger partial charge in [-0.15, -0.1) is 0 Å². The molecular weight excluding hydrogens is 294 g/mol. The van der Waals surface area contributed by atoms with E-state index in [1.165, 1.54) is 12.8 Å². The molecule has 2 aliphatic heterocycles. The predicted octanol–water partition coefficient (Wildman–Crippen LogP) is 0.618. The number of carbonyl (C=O) groups excluding carboxylic acids is 2. The van der Waals surface area contributed by atoms with Gasteiger partial charge in [0.2, 0.25) is 11.8 Å². The molecule has 3 fully saturated rings. The molecule has 1 saturated carbocycles. The van der Waals surface area contributed by atoms with Gasteiger partial charge in [-0.05, 0) is 25.7 Å². The SMILES string of the molecule is O=C(NCCN1CCOCC1)C1(C(=O)N2CCCCCC2)CC1. The zero-order valence-electron chi connectivity index (χ0n) is 14.0. The average molecular weight is 323 g/mol. The van der Waals surface area contributed by atoms with E-state index < -0.39 is 5.41 Å². The van der Waals surface area contributed by atoms with Gasteiger partial charge in [-0.3, -0.25) is 14.5 Å². The van der Waals surface area contributed by atoms with Crippen molar-refractivity contribution in [3.05, 3.63) is 0 Å². The quantitative estimate of drug-likeness (QED) is 0.754. The first-order valence-electron chi connectivity index (χ1n) is 9.10. The fraction of sp³-hybridized carbons (Fsp3) is 0.882. The number of rotatable bonds is 5. The van der Waals surface area contributed by atoms with Crippen molar-refractivity contribution in [2.45, 2.75) is 38.5 Å². The first-order valence-corrected chi connectivity index (χ1v) is 9.10. The highest BCUT2D eigenvalue weighted by Gasteiger charge is 2.57. The van der Waals surface area contributed by atoms with Crippen molar-refractivity contribution in [3.63, 3.8) is 0 Å². The molecule has 0 aromatic carbocycles. The molecule has 0 atom stereocenters. The number of carbonyl (C=O) groups is 2. The number of nitrogens with one attached hydrogen (secondary N) is 1. The van der Waals surface area contributed by atoms with E-state index in [2.05, 4.69) is 10.2 Å².